The Labute approximate surface area is 85.9 Å². The third kappa shape index (κ3) is 2.24. The van der Waals surface area contributed by atoms with Crippen molar-refractivity contribution in [3.8, 4) is 0 Å². The molecule has 13 heavy (non-hydrogen) atoms. The zero-order chi connectivity index (χ0) is 10.2. The molecule has 1 rings (SSSR count). The van der Waals surface area contributed by atoms with Gasteiger partial charge >= 0.3 is 6.18 Å². The van der Waals surface area contributed by atoms with Crippen molar-refractivity contribution in [2.24, 2.45) is 5.73 Å². The molecule has 0 bridgehead atoms. The lowest BCUT2D eigenvalue weighted by molar-refractivity contribution is -0.137. The maximum atomic E-state index is 12.3. The van der Waals surface area contributed by atoms with Crippen molar-refractivity contribution in [2.75, 3.05) is 0 Å². The second-order valence-electron chi connectivity index (χ2n) is 2.61. The molecule has 1 unspecified atom stereocenters. The molecular formula is C7H7BrF3NS. The molecule has 1 nitrogen and oxygen atoms in total. The van der Waals surface area contributed by atoms with E-state index in [2.05, 4.69) is 15.9 Å². The van der Waals surface area contributed by atoms with Crippen molar-refractivity contribution in [2.45, 2.75) is 19.1 Å². The van der Waals surface area contributed by atoms with Gasteiger partial charge in [-0.05, 0) is 22.9 Å². The van der Waals surface area contributed by atoms with Crippen LogP contribution in [0.4, 0.5) is 13.2 Å². The summed E-state index contributed by atoms with van der Waals surface area (Å²) < 4.78 is 36.9. The molecule has 0 aromatic carbocycles. The quantitative estimate of drug-likeness (QED) is 0.832. The fourth-order valence-corrected chi connectivity index (χ4v) is 2.91. The van der Waals surface area contributed by atoms with Gasteiger partial charge in [0.05, 0.1) is 5.56 Å². The van der Waals surface area contributed by atoms with Crippen LogP contribution in [0.3, 0.4) is 0 Å². The van der Waals surface area contributed by atoms with Gasteiger partial charge in [0.25, 0.3) is 0 Å². The van der Waals surface area contributed by atoms with Crippen molar-refractivity contribution in [3.05, 3.63) is 20.3 Å². The summed E-state index contributed by atoms with van der Waals surface area (Å²) in [7, 11) is 0. The predicted octanol–water partition coefficient (Wildman–Crippen LogP) is 3.55. The highest BCUT2D eigenvalue weighted by atomic mass is 79.9. The zero-order valence-electron chi connectivity index (χ0n) is 6.65. The largest absolute Gasteiger partial charge is 0.418 e. The van der Waals surface area contributed by atoms with Gasteiger partial charge in [-0.3, -0.25) is 0 Å². The lowest BCUT2D eigenvalue weighted by Gasteiger charge is -2.06. The number of halogens is 4. The van der Waals surface area contributed by atoms with Crippen LogP contribution in [0.5, 0.6) is 0 Å². The molecule has 6 heteroatoms. The molecule has 0 aliphatic heterocycles. The number of hydrogen-bond acceptors (Lipinski definition) is 2. The van der Waals surface area contributed by atoms with Crippen LogP contribution in [-0.4, -0.2) is 0 Å². The van der Waals surface area contributed by atoms with E-state index in [0.29, 0.717) is 4.88 Å². The summed E-state index contributed by atoms with van der Waals surface area (Å²) in [6.45, 7) is 1.65. The second-order valence-corrected chi connectivity index (χ2v) is 4.32. The maximum Gasteiger partial charge on any atom is 0.418 e. The van der Waals surface area contributed by atoms with Gasteiger partial charge in [0, 0.05) is 20.8 Å². The fraction of sp³-hybridized carbons (Fsp3) is 0.429. The van der Waals surface area contributed by atoms with E-state index in [1.54, 1.807) is 6.92 Å². The fourth-order valence-electron chi connectivity index (χ4n) is 0.857. The summed E-state index contributed by atoms with van der Waals surface area (Å²) in [5, 5.41) is 1.07. The zero-order valence-corrected chi connectivity index (χ0v) is 9.05. The highest BCUT2D eigenvalue weighted by Gasteiger charge is 2.35. The summed E-state index contributed by atoms with van der Waals surface area (Å²) in [5.74, 6) is 0. The Morgan fingerprint density at radius 2 is 2.08 bits per heavy atom. The highest BCUT2D eigenvalue weighted by Crippen LogP contribution is 2.41. The van der Waals surface area contributed by atoms with Gasteiger partial charge in [0.2, 0.25) is 0 Å². The van der Waals surface area contributed by atoms with Gasteiger partial charge in [-0.15, -0.1) is 11.3 Å². The SMILES string of the molecule is CC(N)c1scc(C(F)(F)F)c1Br. The minimum Gasteiger partial charge on any atom is -0.323 e. The molecule has 1 aromatic rings. The highest BCUT2D eigenvalue weighted by molar-refractivity contribution is 9.10. The van der Waals surface area contributed by atoms with Gasteiger partial charge in [0.15, 0.2) is 0 Å². The Hall–Kier alpha value is -0.0700. The molecule has 0 saturated carbocycles. The Balaban J connectivity index is 3.14. The Kier molecular flexibility index (Phi) is 3.04. The monoisotopic (exact) mass is 273 g/mol. The van der Waals surface area contributed by atoms with E-state index in [1.165, 1.54) is 0 Å². The van der Waals surface area contributed by atoms with Crippen LogP contribution in [0.25, 0.3) is 0 Å². The number of alkyl halides is 3. The van der Waals surface area contributed by atoms with Crippen molar-refractivity contribution >= 4 is 27.3 Å². The van der Waals surface area contributed by atoms with Crippen molar-refractivity contribution in [1.82, 2.24) is 0 Å². The van der Waals surface area contributed by atoms with Crippen LogP contribution >= 0.6 is 27.3 Å². The molecule has 0 saturated heterocycles. The third-order valence-electron chi connectivity index (χ3n) is 1.48. The molecule has 0 fully saturated rings. The molecule has 0 aliphatic carbocycles. The average Bonchev–Trinajstić information content (AvgIpc) is 2.28. The molecular weight excluding hydrogens is 267 g/mol. The lowest BCUT2D eigenvalue weighted by Crippen LogP contribution is -2.06. The van der Waals surface area contributed by atoms with E-state index >= 15 is 0 Å². The molecule has 0 spiro atoms. The number of nitrogens with two attached hydrogens (primary N) is 1. The first kappa shape index (κ1) is 11.0. The van der Waals surface area contributed by atoms with E-state index in [1.807, 2.05) is 0 Å². The van der Waals surface area contributed by atoms with Gasteiger partial charge in [-0.2, -0.15) is 13.2 Å². The van der Waals surface area contributed by atoms with E-state index in [9.17, 15) is 13.2 Å². The van der Waals surface area contributed by atoms with Crippen molar-refractivity contribution in [1.29, 1.82) is 0 Å². The summed E-state index contributed by atoms with van der Waals surface area (Å²) in [6.07, 6.45) is -4.30. The van der Waals surface area contributed by atoms with Crippen LogP contribution in [0.15, 0.2) is 9.85 Å². The van der Waals surface area contributed by atoms with Crippen molar-refractivity contribution < 1.29 is 13.2 Å². The first-order chi connectivity index (χ1) is 5.84. The molecule has 2 N–H and O–H groups in total. The Morgan fingerprint density at radius 3 is 2.31 bits per heavy atom. The number of rotatable bonds is 1. The summed E-state index contributed by atoms with van der Waals surface area (Å²) >= 11 is 3.92. The van der Waals surface area contributed by atoms with Crippen LogP contribution in [0.2, 0.25) is 0 Å². The van der Waals surface area contributed by atoms with Gasteiger partial charge < -0.3 is 5.73 Å². The standard InChI is InChI=1S/C7H7BrF3NS/c1-3(12)6-5(8)4(2-13-6)7(9,10)11/h2-3H,12H2,1H3. The van der Waals surface area contributed by atoms with Crippen LogP contribution < -0.4 is 5.73 Å². The Bertz CT molecular complexity index is 305. The first-order valence-electron chi connectivity index (χ1n) is 3.43. The number of hydrogen-bond donors (Lipinski definition) is 1. The van der Waals surface area contributed by atoms with E-state index in [4.69, 9.17) is 5.73 Å². The molecule has 0 aliphatic rings. The van der Waals surface area contributed by atoms with Crippen LogP contribution in [-0.2, 0) is 6.18 Å². The average molecular weight is 274 g/mol. The molecule has 0 radical (unpaired) electrons. The van der Waals surface area contributed by atoms with Crippen LogP contribution in [0.1, 0.15) is 23.4 Å². The van der Waals surface area contributed by atoms with E-state index < -0.39 is 11.7 Å². The van der Waals surface area contributed by atoms with Gasteiger partial charge in [0.1, 0.15) is 0 Å². The minimum atomic E-state index is -4.30. The smallest absolute Gasteiger partial charge is 0.323 e. The maximum absolute atomic E-state index is 12.3. The lowest BCUT2D eigenvalue weighted by atomic mass is 10.2. The molecule has 1 heterocycles. The first-order valence-corrected chi connectivity index (χ1v) is 5.11. The minimum absolute atomic E-state index is 0.0694. The molecule has 1 aromatic heterocycles. The molecule has 1 atom stereocenters. The van der Waals surface area contributed by atoms with E-state index in [-0.39, 0.29) is 10.5 Å². The van der Waals surface area contributed by atoms with Gasteiger partial charge in [-0.1, -0.05) is 0 Å². The van der Waals surface area contributed by atoms with Crippen molar-refractivity contribution in [3.63, 3.8) is 0 Å². The Morgan fingerprint density at radius 1 is 1.54 bits per heavy atom. The molecule has 0 amide bonds. The third-order valence-corrected chi connectivity index (χ3v) is 3.78. The predicted molar refractivity (Wildman–Crippen MR) is 49.6 cm³/mol. The second kappa shape index (κ2) is 3.59. The topological polar surface area (TPSA) is 26.0 Å². The van der Waals surface area contributed by atoms with E-state index in [0.717, 1.165) is 16.7 Å². The summed E-state index contributed by atoms with van der Waals surface area (Å²) in [6, 6.07) is -0.379. The summed E-state index contributed by atoms with van der Waals surface area (Å²) in [5.41, 5.74) is 4.84. The van der Waals surface area contributed by atoms with Gasteiger partial charge in [-0.25, -0.2) is 0 Å². The normalized spacial score (nSPS) is 14.6. The van der Waals surface area contributed by atoms with Crippen LogP contribution in [0, 0.1) is 0 Å². The summed E-state index contributed by atoms with van der Waals surface area (Å²) in [4.78, 5) is 0.521. The number of thiophene rings is 1. The molecule has 74 valence electrons.